The molecule has 0 bridgehead atoms. The zero-order valence-electron chi connectivity index (χ0n) is 11.3. The lowest BCUT2D eigenvalue weighted by Gasteiger charge is -2.14. The number of hydrogen-bond acceptors (Lipinski definition) is 3. The zero-order chi connectivity index (χ0) is 14.4. The second kappa shape index (κ2) is 7.31. The summed E-state index contributed by atoms with van der Waals surface area (Å²) in [5.74, 6) is 1.49. The summed E-state index contributed by atoms with van der Waals surface area (Å²) >= 11 is 3.40. The number of aliphatic hydroxyl groups excluding tert-OH is 1. The van der Waals surface area contributed by atoms with E-state index >= 15 is 0 Å². The molecule has 4 heteroatoms. The van der Waals surface area contributed by atoms with Crippen molar-refractivity contribution in [2.24, 2.45) is 0 Å². The van der Waals surface area contributed by atoms with Crippen LogP contribution in [0.15, 0.2) is 53.0 Å². The van der Waals surface area contributed by atoms with Crippen molar-refractivity contribution in [1.82, 2.24) is 0 Å². The standard InChI is InChI=1S/C16H17BrO3/c1-12(18)15-8-7-13(17)11-16(15)20-10-9-19-14-5-3-2-4-6-14/h2-8,11-12,18H,9-10H2,1H3. The van der Waals surface area contributed by atoms with Crippen molar-refractivity contribution in [3.05, 3.63) is 58.6 Å². The molecule has 1 unspecified atom stereocenters. The molecule has 2 aromatic carbocycles. The molecule has 0 aliphatic carbocycles. The summed E-state index contributed by atoms with van der Waals surface area (Å²) < 4.78 is 12.2. The molecule has 0 aliphatic heterocycles. The number of rotatable bonds is 6. The van der Waals surface area contributed by atoms with E-state index in [-0.39, 0.29) is 0 Å². The van der Waals surface area contributed by atoms with Gasteiger partial charge in [0.05, 0.1) is 6.10 Å². The summed E-state index contributed by atoms with van der Waals surface area (Å²) in [4.78, 5) is 0. The number of aliphatic hydroxyl groups is 1. The van der Waals surface area contributed by atoms with E-state index in [9.17, 15) is 5.11 Å². The summed E-state index contributed by atoms with van der Waals surface area (Å²) in [5.41, 5.74) is 0.771. The first kappa shape index (κ1) is 14.9. The Labute approximate surface area is 127 Å². The Kier molecular flexibility index (Phi) is 5.44. The quantitative estimate of drug-likeness (QED) is 0.811. The first-order valence-electron chi connectivity index (χ1n) is 6.45. The molecule has 0 aliphatic rings. The predicted molar refractivity (Wildman–Crippen MR) is 82.2 cm³/mol. The second-order valence-corrected chi connectivity index (χ2v) is 5.28. The summed E-state index contributed by atoms with van der Waals surface area (Å²) in [6, 6.07) is 15.2. The highest BCUT2D eigenvalue weighted by molar-refractivity contribution is 9.10. The summed E-state index contributed by atoms with van der Waals surface area (Å²) in [5, 5.41) is 9.70. The van der Waals surface area contributed by atoms with Gasteiger partial charge in [0.15, 0.2) is 0 Å². The average Bonchev–Trinajstić information content (AvgIpc) is 2.44. The van der Waals surface area contributed by atoms with Crippen LogP contribution in [0.25, 0.3) is 0 Å². The monoisotopic (exact) mass is 336 g/mol. The highest BCUT2D eigenvalue weighted by Crippen LogP contribution is 2.28. The number of hydrogen-bond donors (Lipinski definition) is 1. The second-order valence-electron chi connectivity index (χ2n) is 4.37. The first-order valence-corrected chi connectivity index (χ1v) is 7.24. The molecule has 2 aromatic rings. The van der Waals surface area contributed by atoms with Crippen LogP contribution in [0, 0.1) is 0 Å². The van der Waals surface area contributed by atoms with Gasteiger partial charge in [-0.05, 0) is 31.2 Å². The minimum Gasteiger partial charge on any atom is -0.490 e. The van der Waals surface area contributed by atoms with Crippen molar-refractivity contribution in [1.29, 1.82) is 0 Å². The van der Waals surface area contributed by atoms with Crippen molar-refractivity contribution < 1.29 is 14.6 Å². The Hall–Kier alpha value is -1.52. The van der Waals surface area contributed by atoms with Gasteiger partial charge in [-0.2, -0.15) is 0 Å². The van der Waals surface area contributed by atoms with Gasteiger partial charge in [-0.25, -0.2) is 0 Å². The molecule has 0 aromatic heterocycles. The van der Waals surface area contributed by atoms with Crippen LogP contribution in [-0.2, 0) is 0 Å². The summed E-state index contributed by atoms with van der Waals surface area (Å²) in [7, 11) is 0. The fourth-order valence-corrected chi connectivity index (χ4v) is 2.15. The normalized spacial score (nSPS) is 11.9. The maximum Gasteiger partial charge on any atom is 0.126 e. The molecule has 0 saturated carbocycles. The van der Waals surface area contributed by atoms with Gasteiger partial charge in [-0.3, -0.25) is 0 Å². The van der Waals surface area contributed by atoms with E-state index in [4.69, 9.17) is 9.47 Å². The molecule has 0 saturated heterocycles. The van der Waals surface area contributed by atoms with Gasteiger partial charge in [0.1, 0.15) is 24.7 Å². The van der Waals surface area contributed by atoms with Crippen LogP contribution in [0.1, 0.15) is 18.6 Å². The summed E-state index contributed by atoms with van der Waals surface area (Å²) in [6.07, 6.45) is -0.562. The molecule has 1 atom stereocenters. The fraction of sp³-hybridized carbons (Fsp3) is 0.250. The van der Waals surface area contributed by atoms with E-state index < -0.39 is 6.10 Å². The SMILES string of the molecule is CC(O)c1ccc(Br)cc1OCCOc1ccccc1. The van der Waals surface area contributed by atoms with Gasteiger partial charge < -0.3 is 14.6 Å². The molecule has 0 fully saturated rings. The molecule has 3 nitrogen and oxygen atoms in total. The van der Waals surface area contributed by atoms with Gasteiger partial charge in [-0.1, -0.05) is 40.2 Å². The van der Waals surface area contributed by atoms with E-state index in [0.29, 0.717) is 19.0 Å². The van der Waals surface area contributed by atoms with Crippen LogP contribution >= 0.6 is 15.9 Å². The van der Waals surface area contributed by atoms with Gasteiger partial charge in [0.2, 0.25) is 0 Å². The van der Waals surface area contributed by atoms with Gasteiger partial charge >= 0.3 is 0 Å². The Bertz CT molecular complexity index is 541. The van der Waals surface area contributed by atoms with Crippen LogP contribution in [-0.4, -0.2) is 18.3 Å². The molecule has 1 N–H and O–H groups in total. The van der Waals surface area contributed by atoms with Crippen LogP contribution in [0.2, 0.25) is 0 Å². The molecular weight excluding hydrogens is 320 g/mol. The van der Waals surface area contributed by atoms with Crippen molar-refractivity contribution in [2.45, 2.75) is 13.0 Å². The van der Waals surface area contributed by atoms with Gasteiger partial charge in [-0.15, -0.1) is 0 Å². The Balaban J connectivity index is 1.89. The highest BCUT2D eigenvalue weighted by atomic mass is 79.9. The maximum absolute atomic E-state index is 9.70. The van der Waals surface area contributed by atoms with Crippen molar-refractivity contribution in [3.8, 4) is 11.5 Å². The number of ether oxygens (including phenoxy) is 2. The lowest BCUT2D eigenvalue weighted by atomic mass is 10.1. The van der Waals surface area contributed by atoms with Crippen LogP contribution in [0.3, 0.4) is 0 Å². The Morgan fingerprint density at radius 1 is 1.05 bits per heavy atom. The van der Waals surface area contributed by atoms with E-state index in [1.165, 1.54) is 0 Å². The minimum absolute atomic E-state index is 0.422. The molecule has 0 heterocycles. The lowest BCUT2D eigenvalue weighted by molar-refractivity contribution is 0.182. The number of para-hydroxylation sites is 1. The molecule has 0 radical (unpaired) electrons. The third kappa shape index (κ3) is 4.25. The fourth-order valence-electron chi connectivity index (χ4n) is 1.81. The van der Waals surface area contributed by atoms with E-state index in [1.807, 2.05) is 48.5 Å². The molecule has 0 amide bonds. The van der Waals surface area contributed by atoms with Crippen molar-refractivity contribution >= 4 is 15.9 Å². The third-order valence-corrected chi connectivity index (χ3v) is 3.27. The molecule has 2 rings (SSSR count). The van der Waals surface area contributed by atoms with Gasteiger partial charge in [0.25, 0.3) is 0 Å². The Morgan fingerprint density at radius 2 is 1.75 bits per heavy atom. The first-order chi connectivity index (χ1) is 9.66. The van der Waals surface area contributed by atoms with Crippen LogP contribution in [0.4, 0.5) is 0 Å². The van der Waals surface area contributed by atoms with Crippen LogP contribution in [0.5, 0.6) is 11.5 Å². The van der Waals surface area contributed by atoms with Crippen molar-refractivity contribution in [2.75, 3.05) is 13.2 Å². The predicted octanol–water partition coefficient (Wildman–Crippen LogP) is 3.96. The van der Waals surface area contributed by atoms with Gasteiger partial charge in [0, 0.05) is 10.0 Å². The minimum atomic E-state index is -0.562. The molecule has 106 valence electrons. The largest absolute Gasteiger partial charge is 0.490 e. The molecule has 20 heavy (non-hydrogen) atoms. The Morgan fingerprint density at radius 3 is 2.45 bits per heavy atom. The maximum atomic E-state index is 9.70. The molecular formula is C16H17BrO3. The van der Waals surface area contributed by atoms with E-state index in [1.54, 1.807) is 6.92 Å². The van der Waals surface area contributed by atoms with Crippen molar-refractivity contribution in [3.63, 3.8) is 0 Å². The number of benzene rings is 2. The lowest BCUT2D eigenvalue weighted by Crippen LogP contribution is -2.10. The average molecular weight is 337 g/mol. The van der Waals surface area contributed by atoms with E-state index in [0.717, 1.165) is 15.8 Å². The zero-order valence-corrected chi connectivity index (χ0v) is 12.8. The summed E-state index contributed by atoms with van der Waals surface area (Å²) in [6.45, 7) is 2.59. The van der Waals surface area contributed by atoms with Crippen LogP contribution < -0.4 is 9.47 Å². The topological polar surface area (TPSA) is 38.7 Å². The molecule has 0 spiro atoms. The number of halogens is 1. The highest BCUT2D eigenvalue weighted by Gasteiger charge is 2.09. The smallest absolute Gasteiger partial charge is 0.126 e. The van der Waals surface area contributed by atoms with E-state index in [2.05, 4.69) is 15.9 Å². The third-order valence-electron chi connectivity index (χ3n) is 2.78.